The highest BCUT2D eigenvalue weighted by Crippen LogP contribution is 2.16. The van der Waals surface area contributed by atoms with Crippen LogP contribution in [0.25, 0.3) is 0 Å². The van der Waals surface area contributed by atoms with Gasteiger partial charge in [0, 0.05) is 0 Å². The van der Waals surface area contributed by atoms with Gasteiger partial charge in [0.2, 0.25) is 0 Å². The molecule has 2 nitrogen and oxygen atoms in total. The molecule has 0 radical (unpaired) electrons. The summed E-state index contributed by atoms with van der Waals surface area (Å²) < 4.78 is 5.45. The van der Waals surface area contributed by atoms with Crippen LogP contribution in [0.1, 0.15) is 20.8 Å². The summed E-state index contributed by atoms with van der Waals surface area (Å²) in [6.45, 7) is 10.1. The van der Waals surface area contributed by atoms with E-state index < -0.39 is 13.5 Å². The van der Waals surface area contributed by atoms with Gasteiger partial charge in [-0.2, -0.15) is 0 Å². The lowest BCUT2D eigenvalue weighted by Gasteiger charge is -2.25. The van der Waals surface area contributed by atoms with Crippen molar-refractivity contribution in [2.24, 2.45) is 5.41 Å². The quantitative estimate of drug-likeness (QED) is 0.609. The Hall–Kier alpha value is -1.09. The molecule has 1 rings (SSSR count). The monoisotopic (exact) mass is 250 g/mol. The molecule has 0 aliphatic heterocycles. The summed E-state index contributed by atoms with van der Waals surface area (Å²) in [5.74, 6) is -0.117. The second-order valence-electron chi connectivity index (χ2n) is 6.08. The minimum Gasteiger partial charge on any atom is -0.469 e. The fourth-order valence-electron chi connectivity index (χ4n) is 1.44. The Morgan fingerprint density at radius 1 is 1.18 bits per heavy atom. The zero-order valence-corrected chi connectivity index (χ0v) is 12.4. The van der Waals surface area contributed by atoms with Crippen LogP contribution in [0.15, 0.2) is 30.3 Å². The number of esters is 1. The molecular weight excluding hydrogens is 228 g/mol. The van der Waals surface area contributed by atoms with Gasteiger partial charge in [0.15, 0.2) is 0 Å². The third-order valence-corrected chi connectivity index (χ3v) is 5.49. The fourth-order valence-corrected chi connectivity index (χ4v) is 3.19. The second-order valence-corrected chi connectivity index (χ2v) is 10.7. The average Bonchev–Trinajstić information content (AvgIpc) is 2.26. The van der Waals surface area contributed by atoms with Gasteiger partial charge in [0.05, 0.1) is 11.6 Å². The average molecular weight is 250 g/mol. The Morgan fingerprint density at radius 2 is 1.71 bits per heavy atom. The van der Waals surface area contributed by atoms with Crippen molar-refractivity contribution >= 4 is 19.2 Å². The van der Waals surface area contributed by atoms with E-state index in [1.54, 1.807) is 0 Å². The zero-order chi connectivity index (χ0) is 13.1. The van der Waals surface area contributed by atoms with Crippen molar-refractivity contribution in [1.82, 2.24) is 0 Å². The van der Waals surface area contributed by atoms with Crippen molar-refractivity contribution in [2.45, 2.75) is 33.9 Å². The Bertz CT molecular complexity index is 377. The Morgan fingerprint density at radius 3 is 2.18 bits per heavy atom. The van der Waals surface area contributed by atoms with E-state index in [9.17, 15) is 4.79 Å². The lowest BCUT2D eigenvalue weighted by Crippen LogP contribution is -2.47. The number of hydrogen-bond acceptors (Lipinski definition) is 2. The second kappa shape index (κ2) is 5.04. The number of rotatable bonds is 3. The highest BCUT2D eigenvalue weighted by atomic mass is 28.3. The largest absolute Gasteiger partial charge is 0.469 e. The van der Waals surface area contributed by atoms with E-state index in [1.807, 2.05) is 39.0 Å². The van der Waals surface area contributed by atoms with Crippen LogP contribution >= 0.6 is 0 Å². The maximum Gasteiger partial charge on any atom is 0.310 e. The maximum absolute atomic E-state index is 11.7. The zero-order valence-electron chi connectivity index (χ0n) is 11.4. The minimum absolute atomic E-state index is 0.117. The van der Waals surface area contributed by atoms with Crippen LogP contribution in [0.5, 0.6) is 0 Å². The predicted octanol–water partition coefficient (Wildman–Crippen LogP) is 2.73. The normalized spacial score (nSPS) is 12.3. The van der Waals surface area contributed by atoms with Crippen molar-refractivity contribution < 1.29 is 9.53 Å². The molecular formula is C14H22O2Si. The van der Waals surface area contributed by atoms with Gasteiger partial charge < -0.3 is 4.74 Å². The molecule has 0 unspecified atom stereocenters. The molecule has 0 amide bonds. The van der Waals surface area contributed by atoms with Gasteiger partial charge in [-0.1, -0.05) is 48.6 Å². The predicted molar refractivity (Wildman–Crippen MR) is 74.0 cm³/mol. The third kappa shape index (κ3) is 4.00. The minimum atomic E-state index is -1.66. The van der Waals surface area contributed by atoms with Crippen molar-refractivity contribution in [2.75, 3.05) is 6.23 Å². The molecule has 0 saturated heterocycles. The molecule has 3 heteroatoms. The Balaban J connectivity index is 2.66. The lowest BCUT2D eigenvalue weighted by molar-refractivity contribution is -0.150. The van der Waals surface area contributed by atoms with E-state index in [0.717, 1.165) is 0 Å². The summed E-state index contributed by atoms with van der Waals surface area (Å²) in [7, 11) is -1.66. The SMILES string of the molecule is CC(C)(C)C(=O)OC[Si](C)(C)c1ccccc1. The molecule has 0 bridgehead atoms. The standard InChI is InChI=1S/C14H22O2Si/c1-14(2,3)13(15)16-11-17(4,5)12-9-7-6-8-10-12/h6-10H,11H2,1-5H3. The summed E-state index contributed by atoms with van der Waals surface area (Å²) in [6, 6.07) is 10.3. The molecule has 1 aromatic carbocycles. The highest BCUT2D eigenvalue weighted by Gasteiger charge is 2.29. The van der Waals surface area contributed by atoms with Gasteiger partial charge in [0.25, 0.3) is 0 Å². The topological polar surface area (TPSA) is 26.3 Å². The third-order valence-electron chi connectivity index (χ3n) is 2.73. The number of carbonyl (C=O) groups is 1. The molecule has 0 saturated carbocycles. The first-order valence-corrected chi connectivity index (χ1v) is 9.17. The molecule has 1 aromatic rings. The van der Waals surface area contributed by atoms with Gasteiger partial charge in [-0.05, 0) is 20.8 Å². The maximum atomic E-state index is 11.7. The molecule has 0 aliphatic rings. The molecule has 0 spiro atoms. The van der Waals surface area contributed by atoms with Crippen LogP contribution in [0.2, 0.25) is 13.1 Å². The van der Waals surface area contributed by atoms with Gasteiger partial charge in [-0.25, -0.2) is 0 Å². The van der Waals surface area contributed by atoms with Crippen molar-refractivity contribution in [3.05, 3.63) is 30.3 Å². The Kier molecular flexibility index (Phi) is 4.15. The molecule has 0 aromatic heterocycles. The molecule has 0 atom stereocenters. The highest BCUT2D eigenvalue weighted by molar-refractivity contribution is 6.89. The summed E-state index contributed by atoms with van der Waals surface area (Å²) >= 11 is 0. The van der Waals surface area contributed by atoms with E-state index in [4.69, 9.17) is 4.74 Å². The summed E-state index contributed by atoms with van der Waals surface area (Å²) in [6.07, 6.45) is 0.549. The molecule has 94 valence electrons. The molecule has 0 heterocycles. The number of benzene rings is 1. The first-order valence-electron chi connectivity index (χ1n) is 5.96. The summed E-state index contributed by atoms with van der Waals surface area (Å²) in [4.78, 5) is 11.7. The van der Waals surface area contributed by atoms with Crippen LogP contribution in [-0.4, -0.2) is 20.3 Å². The van der Waals surface area contributed by atoms with Gasteiger partial charge in [0.1, 0.15) is 8.07 Å². The summed E-state index contributed by atoms with van der Waals surface area (Å²) in [5, 5.41) is 1.32. The smallest absolute Gasteiger partial charge is 0.310 e. The first kappa shape index (κ1) is 14.0. The fraction of sp³-hybridized carbons (Fsp3) is 0.500. The molecule has 0 aliphatic carbocycles. The number of ether oxygens (including phenoxy) is 1. The Labute approximate surface area is 105 Å². The van der Waals surface area contributed by atoms with Crippen molar-refractivity contribution in [3.8, 4) is 0 Å². The van der Waals surface area contributed by atoms with Crippen LogP contribution in [0, 0.1) is 5.41 Å². The van der Waals surface area contributed by atoms with E-state index in [-0.39, 0.29) is 5.97 Å². The van der Waals surface area contributed by atoms with E-state index in [2.05, 4.69) is 25.2 Å². The first-order chi connectivity index (χ1) is 7.73. The van der Waals surface area contributed by atoms with Crippen molar-refractivity contribution in [1.29, 1.82) is 0 Å². The molecule has 17 heavy (non-hydrogen) atoms. The lowest BCUT2D eigenvalue weighted by atomic mass is 9.98. The van der Waals surface area contributed by atoms with Crippen molar-refractivity contribution in [3.63, 3.8) is 0 Å². The summed E-state index contributed by atoms with van der Waals surface area (Å²) in [5.41, 5.74) is -0.416. The van der Waals surface area contributed by atoms with Crippen LogP contribution in [0.4, 0.5) is 0 Å². The van der Waals surface area contributed by atoms with Gasteiger partial charge >= 0.3 is 5.97 Å². The number of carbonyl (C=O) groups excluding carboxylic acids is 1. The van der Waals surface area contributed by atoms with Crippen LogP contribution in [-0.2, 0) is 9.53 Å². The van der Waals surface area contributed by atoms with E-state index in [1.165, 1.54) is 5.19 Å². The number of hydrogen-bond donors (Lipinski definition) is 0. The van der Waals surface area contributed by atoms with E-state index in [0.29, 0.717) is 6.23 Å². The van der Waals surface area contributed by atoms with E-state index >= 15 is 0 Å². The van der Waals surface area contributed by atoms with Crippen LogP contribution in [0.3, 0.4) is 0 Å². The van der Waals surface area contributed by atoms with Gasteiger partial charge in [-0.15, -0.1) is 0 Å². The van der Waals surface area contributed by atoms with Crippen LogP contribution < -0.4 is 5.19 Å². The van der Waals surface area contributed by atoms with Gasteiger partial charge in [-0.3, -0.25) is 4.79 Å². The molecule has 0 fully saturated rings. The molecule has 0 N–H and O–H groups in total.